The summed E-state index contributed by atoms with van der Waals surface area (Å²) in [6.07, 6.45) is 0. The van der Waals surface area contributed by atoms with Crippen molar-refractivity contribution < 1.29 is 24.7 Å². The Kier molecular flexibility index (Phi) is 6.90. The summed E-state index contributed by atoms with van der Waals surface area (Å²) >= 11 is -3.80. The average Bonchev–Trinajstić information content (AvgIpc) is 2.61. The first-order valence-electron chi connectivity index (χ1n) is 8.04. The van der Waals surface area contributed by atoms with E-state index < -0.39 is 42.7 Å². The summed E-state index contributed by atoms with van der Waals surface area (Å²) in [5.74, 6) is -1.82. The van der Waals surface area contributed by atoms with Gasteiger partial charge in [0.1, 0.15) is 0 Å². The number of halogens is 2. The van der Waals surface area contributed by atoms with Crippen molar-refractivity contribution in [2.24, 2.45) is 0 Å². The zero-order valence-corrected chi connectivity index (χ0v) is 18.3. The van der Waals surface area contributed by atoms with Gasteiger partial charge >= 0.3 is 161 Å². The molecule has 2 aromatic carbocycles. The second kappa shape index (κ2) is 8.76. The molecule has 2 aromatic rings. The van der Waals surface area contributed by atoms with Gasteiger partial charge in [-0.3, -0.25) is 0 Å². The summed E-state index contributed by atoms with van der Waals surface area (Å²) in [4.78, 5) is 28.1. The monoisotopic (exact) mass is 486 g/mol. The standard InChI is InChI=1S/2C8H7FNO2.2CH3.Sn/c2*1-10(12)8(11)6-2-4-7(9)5-3-6;;;/h2*2-5H,1H3;2*1H3;/q2*-1;;;+2. The van der Waals surface area contributed by atoms with Crippen LogP contribution in [0.25, 0.3) is 0 Å². The van der Waals surface area contributed by atoms with Crippen LogP contribution < -0.4 is 0 Å². The number of carbonyl (C=O) groups excluding carboxylic acids is 2. The number of rotatable bonds is 6. The van der Waals surface area contributed by atoms with Gasteiger partial charge in [-0.25, -0.2) is 0 Å². The molecule has 0 saturated heterocycles. The maximum atomic E-state index is 13.0. The van der Waals surface area contributed by atoms with E-state index in [4.69, 9.17) is 6.35 Å². The van der Waals surface area contributed by atoms with Crippen LogP contribution in [-0.2, 0) is 6.35 Å². The quantitative estimate of drug-likeness (QED) is 0.466. The van der Waals surface area contributed by atoms with Gasteiger partial charge in [-0.05, 0) is 0 Å². The molecule has 9 heteroatoms. The van der Waals surface area contributed by atoms with Crippen LogP contribution in [0.4, 0.5) is 8.78 Å². The topological polar surface area (TPSA) is 59.1 Å². The van der Waals surface area contributed by atoms with E-state index in [1.165, 1.54) is 62.6 Å². The van der Waals surface area contributed by atoms with Crippen molar-refractivity contribution in [3.63, 3.8) is 0 Å². The number of benzene rings is 2. The Morgan fingerprint density at radius 2 is 1.04 bits per heavy atom. The molecular weight excluding hydrogens is 465 g/mol. The molecule has 0 saturated carbocycles. The summed E-state index contributed by atoms with van der Waals surface area (Å²) in [5, 5.41) is 2.05. The van der Waals surface area contributed by atoms with Gasteiger partial charge < -0.3 is 0 Å². The molecule has 0 heterocycles. The van der Waals surface area contributed by atoms with Crippen LogP contribution in [0.5, 0.6) is 0 Å². The molecule has 144 valence electrons. The molecule has 0 N–H and O–H groups in total. The first-order chi connectivity index (χ1) is 12.6. The third kappa shape index (κ3) is 5.98. The van der Waals surface area contributed by atoms with E-state index in [-0.39, 0.29) is 11.1 Å². The third-order valence-corrected chi connectivity index (χ3v) is 7.54. The SMILES string of the molecule is CN([O][Sn]([CH3])([CH3])[O]N(C)C(=O)c1ccc(F)cc1)C(=O)c1ccc(F)cc1. The van der Waals surface area contributed by atoms with Gasteiger partial charge in [-0.2, -0.15) is 0 Å². The molecule has 6 nitrogen and oxygen atoms in total. The van der Waals surface area contributed by atoms with Crippen molar-refractivity contribution >= 4 is 31.0 Å². The van der Waals surface area contributed by atoms with Crippen molar-refractivity contribution in [3.05, 3.63) is 71.3 Å². The Bertz CT molecular complexity index is 746. The minimum atomic E-state index is -3.80. The number of nitrogens with zero attached hydrogens (tertiary/aromatic N) is 2. The Morgan fingerprint density at radius 3 is 1.33 bits per heavy atom. The van der Waals surface area contributed by atoms with Crippen LogP contribution in [0.2, 0.25) is 9.88 Å². The fourth-order valence-electron chi connectivity index (χ4n) is 2.31. The Morgan fingerprint density at radius 1 is 0.741 bits per heavy atom. The molecule has 0 aromatic heterocycles. The molecule has 0 aliphatic heterocycles. The minimum absolute atomic E-state index is 0.261. The number of hydrogen-bond donors (Lipinski definition) is 0. The number of amides is 2. The summed E-state index contributed by atoms with van der Waals surface area (Å²) in [7, 11) is 2.85. The van der Waals surface area contributed by atoms with Crippen molar-refractivity contribution in [1.82, 2.24) is 10.1 Å². The molecule has 0 aliphatic carbocycles. The Hall–Kier alpha value is -2.04. The fraction of sp³-hybridized carbons (Fsp3) is 0.222. The van der Waals surface area contributed by atoms with Gasteiger partial charge in [-0.15, -0.1) is 0 Å². The predicted octanol–water partition coefficient (Wildman–Crippen LogP) is 3.37. The second-order valence-electron chi connectivity index (χ2n) is 6.20. The normalized spacial score (nSPS) is 11.2. The molecule has 27 heavy (non-hydrogen) atoms. The van der Waals surface area contributed by atoms with Gasteiger partial charge in [0.15, 0.2) is 0 Å². The molecule has 0 atom stereocenters. The van der Waals surface area contributed by atoms with Crippen molar-refractivity contribution in [2.75, 3.05) is 14.1 Å². The van der Waals surface area contributed by atoms with E-state index >= 15 is 0 Å². The molecule has 2 rings (SSSR count). The van der Waals surface area contributed by atoms with Crippen LogP contribution in [0.15, 0.2) is 48.5 Å². The molecule has 0 bridgehead atoms. The molecule has 0 aliphatic rings. The molecule has 0 fully saturated rings. The molecular formula is C18H20F2N2O4Sn. The van der Waals surface area contributed by atoms with Crippen LogP contribution in [0.3, 0.4) is 0 Å². The Balaban J connectivity index is 2.00. The van der Waals surface area contributed by atoms with Crippen molar-refractivity contribution in [2.45, 2.75) is 9.88 Å². The number of hydroxylamine groups is 4. The number of carbonyl (C=O) groups is 2. The van der Waals surface area contributed by atoms with Gasteiger partial charge in [0.25, 0.3) is 0 Å². The number of hydrogen-bond acceptors (Lipinski definition) is 4. The Labute approximate surface area is 161 Å². The van der Waals surface area contributed by atoms with Crippen LogP contribution in [-0.4, -0.2) is 55.2 Å². The summed E-state index contributed by atoms with van der Waals surface area (Å²) in [6, 6.07) is 10.1. The van der Waals surface area contributed by atoms with Gasteiger partial charge in [-0.1, -0.05) is 0 Å². The fourth-order valence-corrected chi connectivity index (χ4v) is 6.64. The van der Waals surface area contributed by atoms with E-state index in [9.17, 15) is 18.4 Å². The first kappa shape index (κ1) is 21.3. The maximum absolute atomic E-state index is 13.0. The molecule has 2 amide bonds. The summed E-state index contributed by atoms with van der Waals surface area (Å²) in [5.41, 5.74) is 0.522. The van der Waals surface area contributed by atoms with Crippen LogP contribution in [0, 0.1) is 11.6 Å². The third-order valence-electron chi connectivity index (χ3n) is 3.47. The first-order valence-corrected chi connectivity index (χ1v) is 16.1. The van der Waals surface area contributed by atoms with Gasteiger partial charge in [0, 0.05) is 0 Å². The zero-order valence-electron chi connectivity index (χ0n) is 15.4. The van der Waals surface area contributed by atoms with Crippen molar-refractivity contribution in [3.8, 4) is 0 Å². The molecule has 0 unspecified atom stereocenters. The summed E-state index contributed by atoms with van der Waals surface area (Å²) < 4.78 is 37.3. The van der Waals surface area contributed by atoms with E-state index in [0.29, 0.717) is 0 Å². The van der Waals surface area contributed by atoms with E-state index in [1.807, 2.05) is 0 Å². The van der Waals surface area contributed by atoms with Crippen LogP contribution >= 0.6 is 0 Å². The zero-order chi connectivity index (χ0) is 20.2. The van der Waals surface area contributed by atoms with Gasteiger partial charge in [0.2, 0.25) is 0 Å². The van der Waals surface area contributed by atoms with Crippen LogP contribution in [0.1, 0.15) is 20.7 Å². The van der Waals surface area contributed by atoms with Gasteiger partial charge in [0.05, 0.1) is 0 Å². The summed E-state index contributed by atoms with van der Waals surface area (Å²) in [6.45, 7) is 0. The predicted molar refractivity (Wildman–Crippen MR) is 96.6 cm³/mol. The van der Waals surface area contributed by atoms with E-state index in [1.54, 1.807) is 9.88 Å². The van der Waals surface area contributed by atoms with Crippen molar-refractivity contribution in [1.29, 1.82) is 0 Å². The average molecular weight is 485 g/mol. The molecule has 0 radical (unpaired) electrons. The van der Waals surface area contributed by atoms with E-state index in [0.717, 1.165) is 10.1 Å². The van der Waals surface area contributed by atoms with E-state index in [2.05, 4.69) is 0 Å². The molecule has 0 spiro atoms. The second-order valence-corrected chi connectivity index (χ2v) is 15.2.